The molecule has 31 heavy (non-hydrogen) atoms. The first-order valence-electron chi connectivity index (χ1n) is 8.88. The van der Waals surface area contributed by atoms with Crippen molar-refractivity contribution in [3.8, 4) is 11.5 Å². The van der Waals surface area contributed by atoms with Gasteiger partial charge in [-0.15, -0.1) is 0 Å². The van der Waals surface area contributed by atoms with Gasteiger partial charge in [0, 0.05) is 20.1 Å². The highest BCUT2D eigenvalue weighted by Gasteiger charge is 2.12. The number of esters is 1. The first-order chi connectivity index (χ1) is 14.9. The molecule has 3 rings (SSSR count). The van der Waals surface area contributed by atoms with Crippen molar-refractivity contribution >= 4 is 57.2 Å². The van der Waals surface area contributed by atoms with E-state index in [1.165, 1.54) is 6.21 Å². The molecular weight excluding hydrogens is 507 g/mol. The van der Waals surface area contributed by atoms with Gasteiger partial charge in [0.15, 0.2) is 6.61 Å². The third kappa shape index (κ3) is 7.10. The lowest BCUT2D eigenvalue weighted by Crippen LogP contribution is -2.24. The zero-order valence-corrected chi connectivity index (χ0v) is 18.9. The van der Waals surface area contributed by atoms with Gasteiger partial charge in [0.05, 0.1) is 11.8 Å². The van der Waals surface area contributed by atoms with Crippen LogP contribution in [0.4, 0.5) is 0 Å². The summed E-state index contributed by atoms with van der Waals surface area (Å²) in [6.07, 6.45) is 1.37. The Morgan fingerprint density at radius 3 is 2.29 bits per heavy atom. The summed E-state index contributed by atoms with van der Waals surface area (Å²) in [5, 5.41) is 5.00. The fourth-order valence-electron chi connectivity index (χ4n) is 2.34. The maximum absolute atomic E-state index is 12.4. The highest BCUT2D eigenvalue weighted by Crippen LogP contribution is 2.23. The van der Waals surface area contributed by atoms with Crippen molar-refractivity contribution in [2.24, 2.45) is 5.10 Å². The molecule has 1 amide bonds. The predicted octanol–water partition coefficient (Wildman–Crippen LogP) is 5.50. The van der Waals surface area contributed by atoms with Crippen molar-refractivity contribution < 1.29 is 19.1 Å². The van der Waals surface area contributed by atoms with E-state index in [1.807, 2.05) is 0 Å². The Morgan fingerprint density at radius 1 is 0.968 bits per heavy atom. The van der Waals surface area contributed by atoms with E-state index in [9.17, 15) is 9.59 Å². The minimum atomic E-state index is -0.547. The number of hydrogen-bond acceptors (Lipinski definition) is 5. The molecule has 0 fully saturated rings. The third-order valence-corrected chi connectivity index (χ3v) is 4.83. The minimum Gasteiger partial charge on any atom is -0.484 e. The topological polar surface area (TPSA) is 77.0 Å². The first kappa shape index (κ1) is 22.8. The monoisotopic (exact) mass is 520 g/mol. The molecule has 6 nitrogen and oxygen atoms in total. The standard InChI is InChI=1S/C22H15BrCl2N2O4/c23-16-3-10-20(31-22(29)14-1-4-17(24)5-2-14)15(11-16)12-26-27-21(28)13-30-19-8-6-18(25)7-9-19/h1-12H,13H2,(H,27,28). The number of nitrogens with zero attached hydrogens (tertiary/aromatic N) is 1. The molecule has 0 bridgehead atoms. The molecule has 0 saturated carbocycles. The Balaban J connectivity index is 1.61. The molecule has 9 heteroatoms. The van der Waals surface area contributed by atoms with Gasteiger partial charge in [-0.2, -0.15) is 5.10 Å². The second-order valence-electron chi connectivity index (χ2n) is 6.11. The summed E-state index contributed by atoms with van der Waals surface area (Å²) in [6, 6.07) is 18.0. The van der Waals surface area contributed by atoms with Crippen LogP contribution in [0.15, 0.2) is 76.3 Å². The van der Waals surface area contributed by atoms with E-state index < -0.39 is 11.9 Å². The molecule has 0 spiro atoms. The summed E-state index contributed by atoms with van der Waals surface area (Å²) in [5.74, 6) is -0.222. The maximum Gasteiger partial charge on any atom is 0.343 e. The van der Waals surface area contributed by atoms with Gasteiger partial charge >= 0.3 is 5.97 Å². The number of amides is 1. The smallest absolute Gasteiger partial charge is 0.343 e. The Hall–Kier alpha value is -2.87. The van der Waals surface area contributed by atoms with Crippen molar-refractivity contribution in [1.29, 1.82) is 0 Å². The van der Waals surface area contributed by atoms with Gasteiger partial charge < -0.3 is 9.47 Å². The Bertz CT molecular complexity index is 1100. The van der Waals surface area contributed by atoms with Crippen LogP contribution in [-0.4, -0.2) is 24.7 Å². The maximum atomic E-state index is 12.4. The molecular formula is C22H15BrCl2N2O4. The quantitative estimate of drug-likeness (QED) is 0.192. The highest BCUT2D eigenvalue weighted by atomic mass is 79.9. The summed E-state index contributed by atoms with van der Waals surface area (Å²) in [5.41, 5.74) is 3.19. The lowest BCUT2D eigenvalue weighted by atomic mass is 10.2. The van der Waals surface area contributed by atoms with E-state index in [4.69, 9.17) is 32.7 Å². The van der Waals surface area contributed by atoms with E-state index >= 15 is 0 Å². The predicted molar refractivity (Wildman–Crippen MR) is 123 cm³/mol. The third-order valence-electron chi connectivity index (χ3n) is 3.83. The number of halogens is 3. The molecule has 0 aliphatic carbocycles. The van der Waals surface area contributed by atoms with Gasteiger partial charge in [-0.05, 0) is 66.7 Å². The molecule has 158 valence electrons. The fraction of sp³-hybridized carbons (Fsp3) is 0.0455. The van der Waals surface area contributed by atoms with E-state index in [0.717, 1.165) is 4.47 Å². The molecule has 0 atom stereocenters. The number of hydrogen-bond donors (Lipinski definition) is 1. The molecule has 0 radical (unpaired) electrons. The fourth-order valence-corrected chi connectivity index (χ4v) is 2.97. The minimum absolute atomic E-state index is 0.226. The summed E-state index contributed by atoms with van der Waals surface area (Å²) >= 11 is 15.0. The summed E-state index contributed by atoms with van der Waals surface area (Å²) in [7, 11) is 0. The average molecular weight is 522 g/mol. The zero-order valence-electron chi connectivity index (χ0n) is 15.8. The number of carbonyl (C=O) groups is 2. The van der Waals surface area contributed by atoms with E-state index in [-0.39, 0.29) is 12.4 Å². The van der Waals surface area contributed by atoms with Crippen LogP contribution in [0.25, 0.3) is 0 Å². The van der Waals surface area contributed by atoms with Crippen molar-refractivity contribution in [3.05, 3.63) is 92.4 Å². The highest BCUT2D eigenvalue weighted by molar-refractivity contribution is 9.10. The van der Waals surface area contributed by atoms with Crippen LogP contribution in [0.5, 0.6) is 11.5 Å². The van der Waals surface area contributed by atoms with Crippen LogP contribution < -0.4 is 14.9 Å². The Morgan fingerprint density at radius 2 is 1.61 bits per heavy atom. The van der Waals surface area contributed by atoms with Crippen LogP contribution >= 0.6 is 39.1 Å². The van der Waals surface area contributed by atoms with Gasteiger partial charge in [-0.25, -0.2) is 10.2 Å². The largest absolute Gasteiger partial charge is 0.484 e. The van der Waals surface area contributed by atoms with Gasteiger partial charge in [0.1, 0.15) is 11.5 Å². The van der Waals surface area contributed by atoms with Crippen LogP contribution in [0.2, 0.25) is 10.0 Å². The first-order valence-corrected chi connectivity index (χ1v) is 10.4. The number of benzene rings is 3. The van der Waals surface area contributed by atoms with Gasteiger partial charge in [0.25, 0.3) is 5.91 Å². The zero-order chi connectivity index (χ0) is 22.2. The molecule has 0 unspecified atom stereocenters. The number of hydrazone groups is 1. The molecule has 0 aromatic heterocycles. The molecule has 0 saturated heterocycles. The normalized spacial score (nSPS) is 10.7. The van der Waals surface area contributed by atoms with E-state index in [1.54, 1.807) is 66.7 Å². The molecule has 0 heterocycles. The molecule has 3 aromatic rings. The number of ether oxygens (including phenoxy) is 2. The Labute approximate surface area is 196 Å². The number of rotatable bonds is 7. The van der Waals surface area contributed by atoms with Crippen LogP contribution in [0.1, 0.15) is 15.9 Å². The van der Waals surface area contributed by atoms with Crippen LogP contribution in [-0.2, 0) is 4.79 Å². The van der Waals surface area contributed by atoms with Crippen molar-refractivity contribution in [2.75, 3.05) is 6.61 Å². The summed E-state index contributed by atoms with van der Waals surface area (Å²) < 4.78 is 11.6. The molecule has 0 aliphatic heterocycles. The van der Waals surface area contributed by atoms with E-state index in [0.29, 0.717) is 26.9 Å². The lowest BCUT2D eigenvalue weighted by molar-refractivity contribution is -0.123. The molecule has 3 aromatic carbocycles. The van der Waals surface area contributed by atoms with Crippen LogP contribution in [0, 0.1) is 0 Å². The SMILES string of the molecule is O=C(COc1ccc(Cl)cc1)NN=Cc1cc(Br)ccc1OC(=O)c1ccc(Cl)cc1. The molecule has 0 aliphatic rings. The van der Waals surface area contributed by atoms with Crippen LogP contribution in [0.3, 0.4) is 0 Å². The second-order valence-corrected chi connectivity index (χ2v) is 7.90. The Kier molecular flexibility index (Phi) is 8.06. The van der Waals surface area contributed by atoms with Crippen molar-refractivity contribution in [1.82, 2.24) is 5.43 Å². The van der Waals surface area contributed by atoms with E-state index in [2.05, 4.69) is 26.5 Å². The average Bonchev–Trinajstić information content (AvgIpc) is 2.75. The second kappa shape index (κ2) is 10.9. The number of nitrogens with one attached hydrogen (secondary N) is 1. The summed E-state index contributed by atoms with van der Waals surface area (Å²) in [6.45, 7) is -0.226. The number of carbonyl (C=O) groups excluding carboxylic acids is 2. The van der Waals surface area contributed by atoms with Gasteiger partial charge in [-0.3, -0.25) is 4.79 Å². The van der Waals surface area contributed by atoms with Crippen molar-refractivity contribution in [3.63, 3.8) is 0 Å². The van der Waals surface area contributed by atoms with Gasteiger partial charge in [-0.1, -0.05) is 39.1 Å². The molecule has 1 N–H and O–H groups in total. The summed E-state index contributed by atoms with van der Waals surface area (Å²) in [4.78, 5) is 24.3. The van der Waals surface area contributed by atoms with Crippen molar-refractivity contribution in [2.45, 2.75) is 0 Å². The van der Waals surface area contributed by atoms with Gasteiger partial charge in [0.2, 0.25) is 0 Å². The lowest BCUT2D eigenvalue weighted by Gasteiger charge is -2.08.